The van der Waals surface area contributed by atoms with E-state index in [0.717, 1.165) is 31.7 Å². The van der Waals surface area contributed by atoms with Crippen LogP contribution < -0.4 is 0 Å². The van der Waals surface area contributed by atoms with Crippen molar-refractivity contribution in [2.24, 2.45) is 0 Å². The lowest BCUT2D eigenvalue weighted by atomic mass is 10.2. The zero-order valence-electron chi connectivity index (χ0n) is 11.8. The van der Waals surface area contributed by atoms with Crippen molar-refractivity contribution in [2.75, 3.05) is 26.2 Å². The lowest BCUT2D eigenvalue weighted by molar-refractivity contribution is 0.0743. The number of aromatic nitrogens is 1. The summed E-state index contributed by atoms with van der Waals surface area (Å²) in [6, 6.07) is 2.28. The van der Waals surface area contributed by atoms with Gasteiger partial charge in [0, 0.05) is 37.6 Å². The first-order valence-corrected chi connectivity index (χ1v) is 7.68. The van der Waals surface area contributed by atoms with Crippen LogP contribution in [0.1, 0.15) is 35.3 Å². The molecule has 108 valence electrons. The van der Waals surface area contributed by atoms with Gasteiger partial charge in [-0.25, -0.2) is 0 Å². The first-order chi connectivity index (χ1) is 9.65. The first kappa shape index (κ1) is 13.8. The number of pyridine rings is 1. The molecule has 3 rings (SSSR count). The van der Waals surface area contributed by atoms with Crippen molar-refractivity contribution in [1.29, 1.82) is 0 Å². The van der Waals surface area contributed by atoms with Gasteiger partial charge in [-0.05, 0) is 38.8 Å². The Kier molecular flexibility index (Phi) is 3.94. The van der Waals surface area contributed by atoms with Crippen molar-refractivity contribution in [1.82, 2.24) is 14.8 Å². The highest BCUT2D eigenvalue weighted by atomic mass is 35.5. The average Bonchev–Trinajstić information content (AvgIpc) is 2.75. The molecule has 4 nitrogen and oxygen atoms in total. The number of amides is 1. The highest BCUT2D eigenvalue weighted by Gasteiger charge is 2.31. The van der Waals surface area contributed by atoms with Crippen molar-refractivity contribution in [2.45, 2.75) is 32.2 Å². The lowest BCUT2D eigenvalue weighted by Gasteiger charge is -2.26. The Labute approximate surface area is 124 Å². The zero-order valence-corrected chi connectivity index (χ0v) is 12.6. The Balaban J connectivity index is 1.79. The highest BCUT2D eigenvalue weighted by molar-refractivity contribution is 6.33. The van der Waals surface area contributed by atoms with Gasteiger partial charge in [0.1, 0.15) is 0 Å². The molecule has 0 spiro atoms. The van der Waals surface area contributed by atoms with Crippen LogP contribution in [0, 0.1) is 6.92 Å². The second-order valence-corrected chi connectivity index (χ2v) is 6.15. The van der Waals surface area contributed by atoms with Crippen LogP contribution in [0.5, 0.6) is 0 Å². The van der Waals surface area contributed by atoms with Crippen LogP contribution in [0.2, 0.25) is 5.02 Å². The molecule has 0 N–H and O–H groups in total. The van der Waals surface area contributed by atoms with Crippen LogP contribution in [0.25, 0.3) is 0 Å². The molecule has 0 radical (unpaired) electrons. The van der Waals surface area contributed by atoms with E-state index in [0.29, 0.717) is 16.6 Å². The van der Waals surface area contributed by atoms with Crippen molar-refractivity contribution < 1.29 is 4.79 Å². The van der Waals surface area contributed by atoms with Gasteiger partial charge in [-0.2, -0.15) is 0 Å². The Morgan fingerprint density at radius 2 is 2.15 bits per heavy atom. The van der Waals surface area contributed by atoms with E-state index >= 15 is 0 Å². The Bertz CT molecular complexity index is 520. The van der Waals surface area contributed by atoms with E-state index in [4.69, 9.17) is 11.6 Å². The third-order valence-electron chi connectivity index (χ3n) is 4.31. The van der Waals surface area contributed by atoms with Gasteiger partial charge in [0.2, 0.25) is 0 Å². The minimum absolute atomic E-state index is 0.0243. The van der Waals surface area contributed by atoms with E-state index in [1.165, 1.54) is 19.4 Å². The molecule has 0 saturated carbocycles. The fourth-order valence-corrected chi connectivity index (χ4v) is 3.53. The van der Waals surface area contributed by atoms with Gasteiger partial charge in [-0.3, -0.25) is 14.7 Å². The fraction of sp³-hybridized carbons (Fsp3) is 0.600. The SMILES string of the molecule is Cc1cc(Cl)c(C(=O)N2CCCN3CCCC3C2)cn1. The first-order valence-electron chi connectivity index (χ1n) is 7.30. The normalized spacial score (nSPS) is 23.5. The molecule has 2 saturated heterocycles. The minimum atomic E-state index is 0.0243. The second-order valence-electron chi connectivity index (χ2n) is 5.74. The van der Waals surface area contributed by atoms with E-state index < -0.39 is 0 Å². The van der Waals surface area contributed by atoms with Crippen molar-refractivity contribution >= 4 is 17.5 Å². The summed E-state index contributed by atoms with van der Waals surface area (Å²) in [4.78, 5) is 21.3. The van der Waals surface area contributed by atoms with Gasteiger partial charge in [-0.15, -0.1) is 0 Å². The van der Waals surface area contributed by atoms with Gasteiger partial charge < -0.3 is 4.90 Å². The molecule has 1 atom stereocenters. The second kappa shape index (κ2) is 5.70. The molecule has 2 aliphatic heterocycles. The number of nitrogens with zero attached hydrogens (tertiary/aromatic N) is 3. The molecule has 3 heterocycles. The number of carbonyl (C=O) groups is 1. The predicted octanol–water partition coefficient (Wildman–Crippen LogP) is 2.35. The number of aryl methyl sites for hydroxylation is 1. The summed E-state index contributed by atoms with van der Waals surface area (Å²) in [5.41, 5.74) is 1.37. The van der Waals surface area contributed by atoms with Crippen LogP contribution >= 0.6 is 11.6 Å². The maximum Gasteiger partial charge on any atom is 0.256 e. The van der Waals surface area contributed by atoms with Crippen molar-refractivity contribution in [3.8, 4) is 0 Å². The zero-order chi connectivity index (χ0) is 14.1. The topological polar surface area (TPSA) is 36.4 Å². The molecule has 1 unspecified atom stereocenters. The van der Waals surface area contributed by atoms with Gasteiger partial charge >= 0.3 is 0 Å². The fourth-order valence-electron chi connectivity index (χ4n) is 3.25. The molecular formula is C15H20ClN3O. The molecule has 5 heteroatoms. The van der Waals surface area contributed by atoms with Gasteiger partial charge in [0.25, 0.3) is 5.91 Å². The monoisotopic (exact) mass is 293 g/mol. The number of fused-ring (bicyclic) bond motifs is 1. The van der Waals surface area contributed by atoms with Gasteiger partial charge in [0.15, 0.2) is 0 Å². The van der Waals surface area contributed by atoms with Crippen LogP contribution in [0.4, 0.5) is 0 Å². The molecule has 0 aromatic carbocycles. The van der Waals surface area contributed by atoms with E-state index in [9.17, 15) is 4.79 Å². The third kappa shape index (κ3) is 2.67. The molecule has 2 fully saturated rings. The Morgan fingerprint density at radius 3 is 2.95 bits per heavy atom. The number of halogens is 1. The molecule has 0 bridgehead atoms. The molecule has 1 amide bonds. The molecule has 1 aromatic heterocycles. The van der Waals surface area contributed by atoms with E-state index in [1.807, 2.05) is 11.8 Å². The smallest absolute Gasteiger partial charge is 0.256 e. The summed E-state index contributed by atoms with van der Waals surface area (Å²) in [5, 5.41) is 0.509. The molecule has 2 aliphatic rings. The summed E-state index contributed by atoms with van der Waals surface area (Å²) >= 11 is 6.20. The summed E-state index contributed by atoms with van der Waals surface area (Å²) in [6.07, 6.45) is 5.10. The lowest BCUT2D eigenvalue weighted by Crippen LogP contribution is -2.39. The van der Waals surface area contributed by atoms with Crippen molar-refractivity contribution in [3.05, 3.63) is 28.5 Å². The summed E-state index contributed by atoms with van der Waals surface area (Å²) < 4.78 is 0. The van der Waals surface area contributed by atoms with Crippen LogP contribution in [-0.2, 0) is 0 Å². The number of hydrogen-bond acceptors (Lipinski definition) is 3. The van der Waals surface area contributed by atoms with E-state index in [-0.39, 0.29) is 5.91 Å². The van der Waals surface area contributed by atoms with E-state index in [1.54, 1.807) is 12.3 Å². The largest absolute Gasteiger partial charge is 0.337 e. The quantitative estimate of drug-likeness (QED) is 0.797. The predicted molar refractivity (Wildman–Crippen MR) is 79.1 cm³/mol. The van der Waals surface area contributed by atoms with Crippen LogP contribution in [-0.4, -0.2) is 52.9 Å². The third-order valence-corrected chi connectivity index (χ3v) is 4.62. The molecule has 0 aliphatic carbocycles. The Hall–Kier alpha value is -1.13. The van der Waals surface area contributed by atoms with Crippen LogP contribution in [0.15, 0.2) is 12.3 Å². The average molecular weight is 294 g/mol. The van der Waals surface area contributed by atoms with Crippen molar-refractivity contribution in [3.63, 3.8) is 0 Å². The molecule has 20 heavy (non-hydrogen) atoms. The van der Waals surface area contributed by atoms with Gasteiger partial charge in [-0.1, -0.05) is 11.6 Å². The summed E-state index contributed by atoms with van der Waals surface area (Å²) in [6.45, 7) is 5.80. The Morgan fingerprint density at radius 1 is 1.35 bits per heavy atom. The number of hydrogen-bond donors (Lipinski definition) is 0. The van der Waals surface area contributed by atoms with Gasteiger partial charge in [0.05, 0.1) is 10.6 Å². The maximum absolute atomic E-state index is 12.7. The number of carbonyl (C=O) groups excluding carboxylic acids is 1. The summed E-state index contributed by atoms with van der Waals surface area (Å²) in [5.74, 6) is 0.0243. The van der Waals surface area contributed by atoms with Crippen LogP contribution in [0.3, 0.4) is 0 Å². The standard InChI is InChI=1S/C15H20ClN3O/c1-11-8-14(16)13(9-17-11)15(20)19-7-3-6-18-5-2-4-12(18)10-19/h8-9,12H,2-7,10H2,1H3. The molecule has 1 aromatic rings. The minimum Gasteiger partial charge on any atom is -0.337 e. The molecular weight excluding hydrogens is 274 g/mol. The maximum atomic E-state index is 12.7. The van der Waals surface area contributed by atoms with E-state index in [2.05, 4.69) is 9.88 Å². The number of rotatable bonds is 1. The highest BCUT2D eigenvalue weighted by Crippen LogP contribution is 2.24. The summed E-state index contributed by atoms with van der Waals surface area (Å²) in [7, 11) is 0.